The van der Waals surface area contributed by atoms with Gasteiger partial charge in [-0.25, -0.2) is 0 Å². The van der Waals surface area contributed by atoms with Gasteiger partial charge in [-0.1, -0.05) is 18.2 Å². The Morgan fingerprint density at radius 1 is 1.24 bits per heavy atom. The van der Waals surface area contributed by atoms with Crippen LogP contribution in [0.3, 0.4) is 0 Å². The number of rotatable bonds is 3. The third-order valence-corrected chi connectivity index (χ3v) is 7.10. The smallest absolute Gasteiger partial charge is 0.255 e. The van der Waals surface area contributed by atoms with Gasteiger partial charge in [0.15, 0.2) is 11.4 Å². The molecule has 3 aliphatic carbocycles. The van der Waals surface area contributed by atoms with Crippen LogP contribution >= 0.6 is 11.6 Å². The Morgan fingerprint density at radius 2 is 1.88 bits per heavy atom. The van der Waals surface area contributed by atoms with Crippen molar-refractivity contribution in [3.63, 3.8) is 0 Å². The van der Waals surface area contributed by atoms with Crippen LogP contribution in [0.2, 0.25) is 0 Å². The summed E-state index contributed by atoms with van der Waals surface area (Å²) in [4.78, 5) is 40.1. The minimum absolute atomic E-state index is 0.00954. The maximum absolute atomic E-state index is 13.7. The molecule has 1 amide bonds. The molecule has 1 aromatic carbocycles. The number of phenolic OH excluding ortho intramolecular Hbond substituents is 1. The Bertz CT molecular complexity index is 1220. The summed E-state index contributed by atoms with van der Waals surface area (Å²) in [6, 6.07) is 1.71. The SMILES string of the molecule is C=C(Cl)c1ccc(O)c2c1C[C@@H]1C[C@@H]3[C@@H](N(C)C)C(=O)C(C(N)=O)=C(O)[C@]3(O)C(=O)C1=C2O. The van der Waals surface area contributed by atoms with Crippen LogP contribution in [-0.2, 0) is 20.8 Å². The van der Waals surface area contributed by atoms with Crippen molar-refractivity contribution < 1.29 is 34.8 Å². The fourth-order valence-electron chi connectivity index (χ4n) is 5.50. The lowest BCUT2D eigenvalue weighted by Gasteiger charge is -2.50. The van der Waals surface area contributed by atoms with Crippen molar-refractivity contribution in [2.45, 2.75) is 24.5 Å². The van der Waals surface area contributed by atoms with Gasteiger partial charge in [0.05, 0.1) is 11.6 Å². The number of likely N-dealkylation sites (N-methyl/N-ethyl adjacent to an activating group) is 1. The number of aliphatic hydroxyl groups excluding tert-OH is 2. The lowest BCUT2D eigenvalue weighted by atomic mass is 9.57. The van der Waals surface area contributed by atoms with Gasteiger partial charge in [-0.2, -0.15) is 0 Å². The van der Waals surface area contributed by atoms with E-state index in [-0.39, 0.29) is 34.8 Å². The highest BCUT2D eigenvalue weighted by Crippen LogP contribution is 2.53. The third-order valence-electron chi connectivity index (χ3n) is 6.90. The van der Waals surface area contributed by atoms with Gasteiger partial charge in [0, 0.05) is 16.5 Å². The molecule has 0 spiro atoms. The van der Waals surface area contributed by atoms with Crippen molar-refractivity contribution in [1.82, 2.24) is 4.90 Å². The van der Waals surface area contributed by atoms with Crippen LogP contribution in [0.5, 0.6) is 5.75 Å². The van der Waals surface area contributed by atoms with E-state index in [2.05, 4.69) is 6.58 Å². The Morgan fingerprint density at radius 3 is 2.42 bits per heavy atom. The van der Waals surface area contributed by atoms with Crippen LogP contribution in [0, 0.1) is 11.8 Å². The van der Waals surface area contributed by atoms with E-state index in [9.17, 15) is 34.8 Å². The first-order valence-corrected chi connectivity index (χ1v) is 10.6. The van der Waals surface area contributed by atoms with Crippen LogP contribution in [0.4, 0.5) is 0 Å². The van der Waals surface area contributed by atoms with Gasteiger partial charge in [-0.05, 0) is 56.1 Å². The highest BCUT2D eigenvalue weighted by molar-refractivity contribution is 6.48. The number of amides is 1. The van der Waals surface area contributed by atoms with E-state index < -0.39 is 58.0 Å². The topological polar surface area (TPSA) is 161 Å². The summed E-state index contributed by atoms with van der Waals surface area (Å²) >= 11 is 6.11. The van der Waals surface area contributed by atoms with Gasteiger partial charge in [0.25, 0.3) is 5.91 Å². The van der Waals surface area contributed by atoms with Gasteiger partial charge in [0.1, 0.15) is 22.8 Å². The van der Waals surface area contributed by atoms with Crippen LogP contribution in [0.25, 0.3) is 10.8 Å². The largest absolute Gasteiger partial charge is 0.508 e. The maximum atomic E-state index is 13.7. The van der Waals surface area contributed by atoms with Crippen LogP contribution in [-0.4, -0.2) is 68.5 Å². The van der Waals surface area contributed by atoms with Crippen LogP contribution in [0.15, 0.2) is 35.6 Å². The zero-order valence-electron chi connectivity index (χ0n) is 17.9. The molecule has 1 saturated carbocycles. The molecule has 0 aromatic heterocycles. The summed E-state index contributed by atoms with van der Waals surface area (Å²) in [6.45, 7) is 3.71. The highest BCUT2D eigenvalue weighted by Gasteiger charge is 2.64. The first kappa shape index (κ1) is 23.0. The molecule has 9 nitrogen and oxygen atoms in total. The number of primary amides is 1. The summed E-state index contributed by atoms with van der Waals surface area (Å²) < 4.78 is 0. The van der Waals surface area contributed by atoms with Crippen molar-refractivity contribution >= 4 is 39.9 Å². The molecular formula is C23H23ClN2O7. The molecule has 4 rings (SSSR count). The van der Waals surface area contributed by atoms with Crippen molar-refractivity contribution in [2.75, 3.05) is 14.1 Å². The molecule has 0 bridgehead atoms. The number of Topliss-reactive ketones (excluding diaryl/α,β-unsaturated/α-hetero) is 2. The number of nitrogens with zero attached hydrogens (tertiary/aromatic N) is 1. The minimum Gasteiger partial charge on any atom is -0.508 e. The molecule has 0 unspecified atom stereocenters. The number of nitrogens with two attached hydrogens (primary N) is 1. The number of halogens is 1. The van der Waals surface area contributed by atoms with E-state index in [0.29, 0.717) is 11.1 Å². The molecule has 1 aromatic rings. The molecule has 10 heteroatoms. The zero-order valence-corrected chi connectivity index (χ0v) is 18.7. The van der Waals surface area contributed by atoms with Gasteiger partial charge < -0.3 is 26.2 Å². The zero-order chi connectivity index (χ0) is 24.6. The maximum Gasteiger partial charge on any atom is 0.255 e. The standard InChI is InChI=1S/C23H23ClN2O7/c1-8(24)10-4-5-13(27)15-11(10)6-9-7-12-17(26(2)3)19(29)16(22(25)32)21(31)23(12,33)20(30)14(9)18(15)28/h4-5,9,12,17,27-28,31,33H,1,6-7H2,2-3H3,(H2,25,32)/t9-,12-,17-,23-/m1/s1. The van der Waals surface area contributed by atoms with Gasteiger partial charge in [-0.15, -0.1) is 0 Å². The minimum atomic E-state index is -2.66. The summed E-state index contributed by atoms with van der Waals surface area (Å²) in [5.41, 5.74) is 2.50. The fourth-order valence-corrected chi connectivity index (χ4v) is 5.68. The Balaban J connectivity index is 2.00. The van der Waals surface area contributed by atoms with Crippen molar-refractivity contribution in [3.05, 3.63) is 52.3 Å². The lowest BCUT2D eigenvalue weighted by Crippen LogP contribution is -2.65. The molecule has 33 heavy (non-hydrogen) atoms. The summed E-state index contributed by atoms with van der Waals surface area (Å²) in [6.07, 6.45) is 0.166. The van der Waals surface area contributed by atoms with Gasteiger partial charge in [0.2, 0.25) is 5.78 Å². The molecule has 4 atom stereocenters. The second-order valence-corrected chi connectivity index (χ2v) is 9.31. The molecule has 0 radical (unpaired) electrons. The number of fused-ring (bicyclic) bond motifs is 3. The highest BCUT2D eigenvalue weighted by atomic mass is 35.5. The predicted molar refractivity (Wildman–Crippen MR) is 119 cm³/mol. The number of carbonyl (C=O) groups is 3. The quantitative estimate of drug-likeness (QED) is 0.408. The third kappa shape index (κ3) is 2.96. The van der Waals surface area contributed by atoms with E-state index >= 15 is 0 Å². The fraction of sp³-hybridized carbons (Fsp3) is 0.348. The number of aliphatic hydroxyl groups is 3. The molecule has 174 valence electrons. The second-order valence-electron chi connectivity index (χ2n) is 8.85. The average molecular weight is 475 g/mol. The van der Waals surface area contributed by atoms with Crippen LogP contribution in [0.1, 0.15) is 23.1 Å². The van der Waals surface area contributed by atoms with Gasteiger partial charge >= 0.3 is 0 Å². The number of phenols is 1. The lowest BCUT2D eigenvalue weighted by molar-refractivity contribution is -0.153. The normalized spacial score (nSPS) is 29.1. The summed E-state index contributed by atoms with van der Waals surface area (Å²) in [5.74, 6) is -6.92. The van der Waals surface area contributed by atoms with Crippen molar-refractivity contribution in [3.8, 4) is 5.75 Å². The second kappa shape index (κ2) is 7.44. The predicted octanol–water partition coefficient (Wildman–Crippen LogP) is 1.17. The van der Waals surface area contributed by atoms with E-state index in [1.165, 1.54) is 11.0 Å². The molecule has 6 N–H and O–H groups in total. The Hall–Kier alpha value is -3.14. The Kier molecular flexibility index (Phi) is 5.19. The number of ketones is 2. The molecular weight excluding hydrogens is 452 g/mol. The number of benzene rings is 1. The van der Waals surface area contributed by atoms with Crippen molar-refractivity contribution in [1.29, 1.82) is 0 Å². The van der Waals surface area contributed by atoms with E-state index in [0.717, 1.165) is 0 Å². The number of carbonyl (C=O) groups excluding carboxylic acids is 3. The van der Waals surface area contributed by atoms with Gasteiger partial charge in [-0.3, -0.25) is 19.3 Å². The monoisotopic (exact) mass is 474 g/mol. The average Bonchev–Trinajstić information content (AvgIpc) is 2.70. The first-order valence-electron chi connectivity index (χ1n) is 10.2. The number of hydrogen-bond donors (Lipinski definition) is 5. The van der Waals surface area contributed by atoms with Crippen LogP contribution < -0.4 is 5.73 Å². The van der Waals surface area contributed by atoms with E-state index in [1.807, 2.05) is 0 Å². The molecule has 0 saturated heterocycles. The summed E-state index contributed by atoms with van der Waals surface area (Å²) in [5, 5.41) is 43.9. The van der Waals surface area contributed by atoms with E-state index in [1.54, 1.807) is 20.2 Å². The summed E-state index contributed by atoms with van der Waals surface area (Å²) in [7, 11) is 3.09. The Labute approximate surface area is 194 Å². The molecule has 3 aliphatic rings. The molecule has 0 aliphatic heterocycles. The van der Waals surface area contributed by atoms with Crippen molar-refractivity contribution in [2.24, 2.45) is 17.6 Å². The first-order chi connectivity index (χ1) is 15.3. The van der Waals surface area contributed by atoms with E-state index in [4.69, 9.17) is 17.3 Å². The molecule has 0 heterocycles. The number of aromatic hydroxyl groups is 1. The number of hydrogen-bond acceptors (Lipinski definition) is 8. The molecule has 1 fully saturated rings.